The Hall–Kier alpha value is -2.17. The van der Waals surface area contributed by atoms with E-state index >= 15 is 0 Å². The van der Waals surface area contributed by atoms with E-state index in [4.69, 9.17) is 0 Å². The standard InChI is InChI=1S/C23H26N2OS/c26-23(22-17-20-8-4-5-9-21(20)27-22)24-12-15-25-13-10-19(11-14-25)16-18-6-2-1-3-7-18/h1-9,17,19H,10-16H2,(H,24,26). The van der Waals surface area contributed by atoms with Crippen LogP contribution < -0.4 is 5.32 Å². The predicted molar refractivity (Wildman–Crippen MR) is 113 cm³/mol. The summed E-state index contributed by atoms with van der Waals surface area (Å²) in [5.41, 5.74) is 1.45. The molecule has 1 amide bonds. The molecule has 1 N–H and O–H groups in total. The second-order valence-corrected chi connectivity index (χ2v) is 8.46. The Morgan fingerprint density at radius 3 is 2.56 bits per heavy atom. The number of hydrogen-bond acceptors (Lipinski definition) is 3. The van der Waals surface area contributed by atoms with Gasteiger partial charge in [-0.25, -0.2) is 0 Å². The fourth-order valence-corrected chi connectivity index (χ4v) is 4.85. The topological polar surface area (TPSA) is 32.3 Å². The van der Waals surface area contributed by atoms with Gasteiger partial charge in [0.05, 0.1) is 4.88 Å². The number of likely N-dealkylation sites (tertiary alicyclic amines) is 1. The molecule has 4 rings (SSSR count). The number of nitrogens with zero attached hydrogens (tertiary/aromatic N) is 1. The van der Waals surface area contributed by atoms with Crippen molar-refractivity contribution in [3.05, 3.63) is 71.1 Å². The predicted octanol–water partition coefficient (Wildman–Crippen LogP) is 4.59. The Kier molecular flexibility index (Phi) is 5.85. The van der Waals surface area contributed by atoms with Crippen molar-refractivity contribution in [2.45, 2.75) is 19.3 Å². The first kappa shape index (κ1) is 18.2. The Labute approximate surface area is 165 Å². The highest BCUT2D eigenvalue weighted by Gasteiger charge is 2.19. The molecule has 27 heavy (non-hydrogen) atoms. The summed E-state index contributed by atoms with van der Waals surface area (Å²) >= 11 is 1.57. The van der Waals surface area contributed by atoms with Crippen LogP contribution in [0.5, 0.6) is 0 Å². The zero-order valence-corrected chi connectivity index (χ0v) is 16.4. The first-order valence-corrected chi connectivity index (χ1v) is 10.6. The molecule has 140 valence electrons. The van der Waals surface area contributed by atoms with E-state index in [9.17, 15) is 4.79 Å². The largest absolute Gasteiger partial charge is 0.350 e. The number of amides is 1. The number of fused-ring (bicyclic) bond motifs is 1. The van der Waals surface area contributed by atoms with Crippen molar-refractivity contribution in [1.29, 1.82) is 0 Å². The van der Waals surface area contributed by atoms with Crippen LogP contribution in [0, 0.1) is 5.92 Å². The van der Waals surface area contributed by atoms with Gasteiger partial charge in [-0.1, -0.05) is 48.5 Å². The third kappa shape index (κ3) is 4.76. The highest BCUT2D eigenvalue weighted by Crippen LogP contribution is 2.25. The monoisotopic (exact) mass is 378 g/mol. The quantitative estimate of drug-likeness (QED) is 0.681. The molecule has 0 spiro atoms. The molecule has 1 aliphatic heterocycles. The van der Waals surface area contributed by atoms with E-state index in [1.807, 2.05) is 18.2 Å². The van der Waals surface area contributed by atoms with Gasteiger partial charge < -0.3 is 10.2 Å². The fourth-order valence-electron chi connectivity index (χ4n) is 3.87. The molecule has 2 heterocycles. The average molecular weight is 379 g/mol. The Bertz CT molecular complexity index is 849. The van der Waals surface area contributed by atoms with Gasteiger partial charge in [0.2, 0.25) is 0 Å². The highest BCUT2D eigenvalue weighted by molar-refractivity contribution is 7.20. The molecule has 3 nitrogen and oxygen atoms in total. The van der Waals surface area contributed by atoms with E-state index in [0.29, 0.717) is 0 Å². The summed E-state index contributed by atoms with van der Waals surface area (Å²) < 4.78 is 1.17. The lowest BCUT2D eigenvalue weighted by atomic mass is 9.90. The summed E-state index contributed by atoms with van der Waals surface area (Å²) in [7, 11) is 0. The number of carbonyl (C=O) groups is 1. The minimum atomic E-state index is 0.0511. The van der Waals surface area contributed by atoms with E-state index in [1.165, 1.54) is 29.5 Å². The van der Waals surface area contributed by atoms with Crippen molar-refractivity contribution in [3.8, 4) is 0 Å². The maximum Gasteiger partial charge on any atom is 0.261 e. The lowest BCUT2D eigenvalue weighted by Gasteiger charge is -2.32. The van der Waals surface area contributed by atoms with Crippen LogP contribution >= 0.6 is 11.3 Å². The van der Waals surface area contributed by atoms with Crippen LogP contribution in [0.25, 0.3) is 10.1 Å². The number of carbonyl (C=O) groups excluding carboxylic acids is 1. The maximum absolute atomic E-state index is 12.4. The molecule has 0 saturated carbocycles. The zero-order chi connectivity index (χ0) is 18.5. The summed E-state index contributed by atoms with van der Waals surface area (Å²) in [6.07, 6.45) is 3.69. The summed E-state index contributed by atoms with van der Waals surface area (Å²) in [6, 6.07) is 20.9. The minimum Gasteiger partial charge on any atom is -0.350 e. The molecule has 1 fully saturated rings. The van der Waals surface area contributed by atoms with Crippen LogP contribution in [-0.2, 0) is 6.42 Å². The van der Waals surface area contributed by atoms with E-state index in [1.54, 1.807) is 11.3 Å². The fraction of sp³-hybridized carbons (Fsp3) is 0.348. The first-order chi connectivity index (χ1) is 13.3. The molecule has 0 atom stereocenters. The van der Waals surface area contributed by atoms with Gasteiger partial charge in [-0.15, -0.1) is 11.3 Å². The van der Waals surface area contributed by atoms with E-state index in [2.05, 4.69) is 52.7 Å². The number of benzene rings is 2. The van der Waals surface area contributed by atoms with Crippen LogP contribution in [0.2, 0.25) is 0 Å². The molecule has 4 heteroatoms. The molecule has 0 unspecified atom stereocenters. The summed E-state index contributed by atoms with van der Waals surface area (Å²) in [5, 5.41) is 4.23. The van der Waals surface area contributed by atoms with Crippen LogP contribution in [0.15, 0.2) is 60.7 Å². The summed E-state index contributed by atoms with van der Waals surface area (Å²) in [4.78, 5) is 15.7. The number of piperidine rings is 1. The molecule has 0 bridgehead atoms. The summed E-state index contributed by atoms with van der Waals surface area (Å²) in [5.74, 6) is 0.840. The van der Waals surface area contributed by atoms with E-state index in [0.717, 1.165) is 42.4 Å². The van der Waals surface area contributed by atoms with Crippen LogP contribution in [0.3, 0.4) is 0 Å². The van der Waals surface area contributed by atoms with Gasteiger partial charge in [0.15, 0.2) is 0 Å². The molecule has 3 aromatic rings. The van der Waals surface area contributed by atoms with Crippen molar-refractivity contribution >= 4 is 27.3 Å². The molecule has 1 saturated heterocycles. The second-order valence-electron chi connectivity index (χ2n) is 7.38. The van der Waals surface area contributed by atoms with Crippen LogP contribution in [0.4, 0.5) is 0 Å². The Balaban J connectivity index is 1.19. The normalized spacial score (nSPS) is 15.9. The van der Waals surface area contributed by atoms with Crippen molar-refractivity contribution < 1.29 is 4.79 Å². The number of thiophene rings is 1. The maximum atomic E-state index is 12.4. The Morgan fingerprint density at radius 1 is 1.04 bits per heavy atom. The van der Waals surface area contributed by atoms with Crippen LogP contribution in [0.1, 0.15) is 28.1 Å². The number of hydrogen-bond donors (Lipinski definition) is 1. The number of rotatable bonds is 6. The van der Waals surface area contributed by atoms with Gasteiger partial charge in [0, 0.05) is 17.8 Å². The molecule has 1 aliphatic rings. The molecule has 1 aromatic heterocycles. The van der Waals surface area contributed by atoms with Crippen molar-refractivity contribution in [2.24, 2.45) is 5.92 Å². The average Bonchev–Trinajstić information content (AvgIpc) is 3.14. The molecule has 0 aliphatic carbocycles. The van der Waals surface area contributed by atoms with Gasteiger partial charge in [-0.3, -0.25) is 4.79 Å². The first-order valence-electron chi connectivity index (χ1n) is 9.81. The molecular formula is C23H26N2OS. The summed E-state index contributed by atoms with van der Waals surface area (Å²) in [6.45, 7) is 3.93. The SMILES string of the molecule is O=C(NCCN1CCC(Cc2ccccc2)CC1)c1cc2ccccc2s1. The highest BCUT2D eigenvalue weighted by atomic mass is 32.1. The lowest BCUT2D eigenvalue weighted by Crippen LogP contribution is -2.39. The van der Waals surface area contributed by atoms with Crippen molar-refractivity contribution in [3.63, 3.8) is 0 Å². The molecule has 2 aromatic carbocycles. The minimum absolute atomic E-state index is 0.0511. The van der Waals surface area contributed by atoms with Gasteiger partial charge in [0.1, 0.15) is 0 Å². The zero-order valence-electron chi connectivity index (χ0n) is 15.6. The van der Waals surface area contributed by atoms with Gasteiger partial charge in [-0.05, 0) is 61.4 Å². The van der Waals surface area contributed by atoms with Gasteiger partial charge >= 0.3 is 0 Å². The lowest BCUT2D eigenvalue weighted by molar-refractivity contribution is 0.0948. The smallest absolute Gasteiger partial charge is 0.261 e. The third-order valence-corrected chi connectivity index (χ3v) is 6.55. The van der Waals surface area contributed by atoms with E-state index in [-0.39, 0.29) is 5.91 Å². The van der Waals surface area contributed by atoms with Gasteiger partial charge in [0.25, 0.3) is 5.91 Å². The Morgan fingerprint density at radius 2 is 1.78 bits per heavy atom. The third-order valence-electron chi connectivity index (χ3n) is 5.44. The van der Waals surface area contributed by atoms with Crippen molar-refractivity contribution in [1.82, 2.24) is 10.2 Å². The second kappa shape index (κ2) is 8.68. The number of nitrogens with one attached hydrogen (secondary N) is 1. The van der Waals surface area contributed by atoms with Crippen LogP contribution in [-0.4, -0.2) is 37.0 Å². The van der Waals surface area contributed by atoms with Crippen molar-refractivity contribution in [2.75, 3.05) is 26.2 Å². The van der Waals surface area contributed by atoms with E-state index < -0.39 is 0 Å². The molecule has 0 radical (unpaired) electrons. The molecular weight excluding hydrogens is 352 g/mol. The van der Waals surface area contributed by atoms with Gasteiger partial charge in [-0.2, -0.15) is 0 Å².